The van der Waals surface area contributed by atoms with Gasteiger partial charge in [0, 0.05) is 25.0 Å². The van der Waals surface area contributed by atoms with Gasteiger partial charge in [-0.1, -0.05) is 0 Å². The molecule has 0 radical (unpaired) electrons. The van der Waals surface area contributed by atoms with Crippen molar-refractivity contribution in [3.05, 3.63) is 42.0 Å². The van der Waals surface area contributed by atoms with Crippen LogP contribution in [0, 0.1) is 6.92 Å². The second-order valence-electron chi connectivity index (χ2n) is 5.35. The predicted molar refractivity (Wildman–Crippen MR) is 83.8 cm³/mol. The van der Waals surface area contributed by atoms with Crippen molar-refractivity contribution in [1.82, 2.24) is 14.3 Å². The molecule has 1 N–H and O–H groups in total. The zero-order valence-corrected chi connectivity index (χ0v) is 13.8. The lowest BCUT2D eigenvalue weighted by Gasteiger charge is -2.31. The van der Waals surface area contributed by atoms with Crippen molar-refractivity contribution in [2.75, 3.05) is 26.8 Å². The van der Waals surface area contributed by atoms with Crippen molar-refractivity contribution in [2.24, 2.45) is 0 Å². The Morgan fingerprint density at radius 2 is 2.09 bits per heavy atom. The van der Waals surface area contributed by atoms with Crippen molar-refractivity contribution >= 4 is 10.0 Å². The second-order valence-corrected chi connectivity index (χ2v) is 7.29. The summed E-state index contributed by atoms with van der Waals surface area (Å²) < 4.78 is 37.7. The van der Waals surface area contributed by atoms with Crippen LogP contribution in [0.3, 0.4) is 0 Å². The minimum atomic E-state index is -3.57. The molecule has 1 fully saturated rings. The number of hydrogen-bond donors (Lipinski definition) is 1. The minimum Gasteiger partial charge on any atom is -0.497 e. The van der Waals surface area contributed by atoms with Gasteiger partial charge in [0.05, 0.1) is 18.6 Å². The molecule has 8 heteroatoms. The van der Waals surface area contributed by atoms with Crippen LogP contribution in [0.5, 0.6) is 5.75 Å². The summed E-state index contributed by atoms with van der Waals surface area (Å²) in [6.45, 7) is 2.79. The molecule has 1 aliphatic heterocycles. The Morgan fingerprint density at radius 1 is 1.35 bits per heavy atom. The number of benzene rings is 1. The molecule has 2 aromatic rings. The number of rotatable bonds is 4. The summed E-state index contributed by atoms with van der Waals surface area (Å²) in [5, 5.41) is 0. The minimum absolute atomic E-state index is 0.237. The molecular weight excluding hydrogens is 318 g/mol. The van der Waals surface area contributed by atoms with Crippen LogP contribution in [0.15, 0.2) is 35.4 Å². The lowest BCUT2D eigenvalue weighted by Crippen LogP contribution is -2.42. The lowest BCUT2D eigenvalue weighted by molar-refractivity contribution is -0.00711. The third-order valence-electron chi connectivity index (χ3n) is 3.75. The molecule has 1 saturated heterocycles. The van der Waals surface area contributed by atoms with Gasteiger partial charge in [0.1, 0.15) is 17.7 Å². The molecule has 1 aromatic heterocycles. The zero-order chi connectivity index (χ0) is 16.4. The first-order chi connectivity index (χ1) is 11.0. The highest BCUT2D eigenvalue weighted by Gasteiger charge is 2.32. The van der Waals surface area contributed by atoms with E-state index in [-0.39, 0.29) is 17.5 Å². The van der Waals surface area contributed by atoms with Gasteiger partial charge < -0.3 is 14.5 Å². The van der Waals surface area contributed by atoms with Crippen molar-refractivity contribution in [3.8, 4) is 5.75 Å². The van der Waals surface area contributed by atoms with E-state index in [1.165, 1.54) is 4.31 Å². The maximum Gasteiger partial charge on any atom is 0.243 e. The molecule has 0 amide bonds. The number of nitrogens with one attached hydrogen (secondary N) is 1. The first-order valence-corrected chi connectivity index (χ1v) is 8.72. The van der Waals surface area contributed by atoms with Crippen LogP contribution in [0.4, 0.5) is 0 Å². The van der Waals surface area contributed by atoms with Gasteiger partial charge in [-0.05, 0) is 31.2 Å². The summed E-state index contributed by atoms with van der Waals surface area (Å²) in [5.41, 5.74) is 0.915. The molecule has 1 aliphatic rings. The molecule has 0 saturated carbocycles. The summed E-state index contributed by atoms with van der Waals surface area (Å²) in [5.74, 6) is 1.27. The van der Waals surface area contributed by atoms with Crippen molar-refractivity contribution in [1.29, 1.82) is 0 Å². The van der Waals surface area contributed by atoms with Gasteiger partial charge >= 0.3 is 0 Å². The van der Waals surface area contributed by atoms with E-state index in [0.29, 0.717) is 24.7 Å². The molecule has 0 bridgehead atoms. The first kappa shape index (κ1) is 16.0. The summed E-state index contributed by atoms with van der Waals surface area (Å²) in [4.78, 5) is 7.58. The van der Waals surface area contributed by atoms with Crippen LogP contribution in [0.25, 0.3) is 0 Å². The molecule has 23 heavy (non-hydrogen) atoms. The molecule has 3 rings (SSSR count). The first-order valence-electron chi connectivity index (χ1n) is 7.28. The molecule has 1 unspecified atom stereocenters. The van der Waals surface area contributed by atoms with Crippen LogP contribution in [0.1, 0.15) is 17.6 Å². The van der Waals surface area contributed by atoms with E-state index in [0.717, 1.165) is 5.69 Å². The van der Waals surface area contributed by atoms with E-state index in [2.05, 4.69) is 9.97 Å². The Hall–Kier alpha value is -1.90. The van der Waals surface area contributed by atoms with E-state index in [1.807, 2.05) is 6.92 Å². The molecule has 1 aromatic carbocycles. The highest BCUT2D eigenvalue weighted by molar-refractivity contribution is 7.89. The standard InChI is InChI=1S/C15H19N3O4S/c1-11-9-16-15(17-11)14-10-18(7-8-22-14)23(19,20)13-5-3-12(21-2)4-6-13/h3-6,9,14H,7-8,10H2,1-2H3,(H,16,17). The number of methoxy groups -OCH3 is 1. The molecular formula is C15H19N3O4S. The number of imidazole rings is 1. The topological polar surface area (TPSA) is 84.5 Å². The van der Waals surface area contributed by atoms with E-state index in [4.69, 9.17) is 9.47 Å². The highest BCUT2D eigenvalue weighted by Crippen LogP contribution is 2.26. The molecule has 0 spiro atoms. The smallest absolute Gasteiger partial charge is 0.243 e. The predicted octanol–water partition coefficient (Wildman–Crippen LogP) is 1.49. The Bertz CT molecular complexity index is 770. The van der Waals surface area contributed by atoms with Crippen LogP contribution < -0.4 is 4.74 Å². The fourth-order valence-corrected chi connectivity index (χ4v) is 3.93. The van der Waals surface area contributed by atoms with E-state index in [1.54, 1.807) is 37.6 Å². The average Bonchev–Trinajstić information content (AvgIpc) is 3.01. The SMILES string of the molecule is COc1ccc(S(=O)(=O)N2CCOC(c3ncc(C)[nH]3)C2)cc1. The Morgan fingerprint density at radius 3 is 2.70 bits per heavy atom. The van der Waals surface area contributed by atoms with E-state index < -0.39 is 10.0 Å². The zero-order valence-electron chi connectivity index (χ0n) is 13.0. The van der Waals surface area contributed by atoms with Crippen LogP contribution in [-0.2, 0) is 14.8 Å². The van der Waals surface area contributed by atoms with Gasteiger partial charge in [0.25, 0.3) is 0 Å². The van der Waals surface area contributed by atoms with Gasteiger partial charge in [-0.25, -0.2) is 13.4 Å². The van der Waals surface area contributed by atoms with Gasteiger partial charge in [0.2, 0.25) is 10.0 Å². The number of sulfonamides is 1. The maximum atomic E-state index is 12.8. The van der Waals surface area contributed by atoms with Crippen molar-refractivity contribution in [2.45, 2.75) is 17.9 Å². The number of aromatic nitrogens is 2. The number of morpholine rings is 1. The Labute approximate surface area is 135 Å². The molecule has 124 valence electrons. The lowest BCUT2D eigenvalue weighted by atomic mass is 10.3. The van der Waals surface area contributed by atoms with Crippen LogP contribution in [0.2, 0.25) is 0 Å². The monoisotopic (exact) mass is 337 g/mol. The summed E-state index contributed by atoms with van der Waals surface area (Å²) in [6, 6.07) is 6.38. The van der Waals surface area contributed by atoms with Crippen molar-refractivity contribution < 1.29 is 17.9 Å². The Balaban J connectivity index is 1.81. The normalized spacial score (nSPS) is 19.7. The number of aromatic amines is 1. The second kappa shape index (κ2) is 6.31. The molecule has 2 heterocycles. The van der Waals surface area contributed by atoms with Crippen LogP contribution >= 0.6 is 0 Å². The maximum absolute atomic E-state index is 12.8. The third kappa shape index (κ3) is 3.24. The highest BCUT2D eigenvalue weighted by atomic mass is 32.2. The van der Waals surface area contributed by atoms with Gasteiger partial charge in [0.15, 0.2) is 0 Å². The number of nitrogens with zero attached hydrogens (tertiary/aromatic N) is 2. The molecule has 7 nitrogen and oxygen atoms in total. The molecule has 1 atom stereocenters. The number of hydrogen-bond acceptors (Lipinski definition) is 5. The summed E-state index contributed by atoms with van der Waals surface area (Å²) in [6.07, 6.45) is 1.32. The van der Waals surface area contributed by atoms with Crippen LogP contribution in [-0.4, -0.2) is 49.5 Å². The number of aryl methyl sites for hydroxylation is 1. The van der Waals surface area contributed by atoms with Gasteiger partial charge in [-0.15, -0.1) is 0 Å². The fourth-order valence-electron chi connectivity index (χ4n) is 2.50. The average molecular weight is 337 g/mol. The molecule has 0 aliphatic carbocycles. The van der Waals surface area contributed by atoms with Gasteiger partial charge in [-0.3, -0.25) is 0 Å². The largest absolute Gasteiger partial charge is 0.497 e. The van der Waals surface area contributed by atoms with Gasteiger partial charge in [-0.2, -0.15) is 4.31 Å². The summed E-state index contributed by atoms with van der Waals surface area (Å²) in [7, 11) is -2.02. The van der Waals surface area contributed by atoms with E-state index >= 15 is 0 Å². The quantitative estimate of drug-likeness (QED) is 0.914. The fraction of sp³-hybridized carbons (Fsp3) is 0.400. The van der Waals surface area contributed by atoms with Crippen molar-refractivity contribution in [3.63, 3.8) is 0 Å². The van der Waals surface area contributed by atoms with E-state index in [9.17, 15) is 8.42 Å². The number of H-pyrrole nitrogens is 1. The third-order valence-corrected chi connectivity index (χ3v) is 5.63. The number of ether oxygens (including phenoxy) is 2. The summed E-state index contributed by atoms with van der Waals surface area (Å²) >= 11 is 0. The Kier molecular flexibility index (Phi) is 4.38.